The molecule has 1 aliphatic rings. The van der Waals surface area contributed by atoms with Gasteiger partial charge < -0.3 is 20.1 Å². The van der Waals surface area contributed by atoms with Crippen molar-refractivity contribution in [3.8, 4) is 0 Å². The maximum atomic E-state index is 8.96. The highest BCUT2D eigenvalue weighted by Gasteiger charge is 2.24. The molecule has 2 unspecified atom stereocenters. The summed E-state index contributed by atoms with van der Waals surface area (Å²) in [5, 5.41) is 26.7. The van der Waals surface area contributed by atoms with Crippen LogP contribution in [0.15, 0.2) is 11.5 Å². The van der Waals surface area contributed by atoms with Crippen LogP contribution in [0.4, 0.5) is 0 Å². The molecule has 1 rings (SSSR count). The van der Waals surface area contributed by atoms with Gasteiger partial charge in [-0.05, 0) is 6.92 Å². The van der Waals surface area contributed by atoms with Crippen LogP contribution in [-0.2, 0) is 4.74 Å². The molecule has 58 valence electrons. The first kappa shape index (κ1) is 7.37. The van der Waals surface area contributed by atoms with Gasteiger partial charge in [0.1, 0.15) is 11.9 Å². The Kier molecular flexibility index (Phi) is 1.82. The average Bonchev–Trinajstić information content (AvgIpc) is 1.82. The Hall–Kier alpha value is -0.740. The van der Waals surface area contributed by atoms with Crippen LogP contribution in [0.5, 0.6) is 0 Å². The van der Waals surface area contributed by atoms with E-state index in [4.69, 9.17) is 20.1 Å². The van der Waals surface area contributed by atoms with E-state index in [1.54, 1.807) is 6.92 Å². The van der Waals surface area contributed by atoms with Crippen LogP contribution in [0.3, 0.4) is 0 Å². The molecule has 0 aromatic heterocycles. The van der Waals surface area contributed by atoms with Gasteiger partial charge in [-0.3, -0.25) is 0 Å². The lowest BCUT2D eigenvalue weighted by Crippen LogP contribution is -2.28. The molecule has 4 heteroatoms. The van der Waals surface area contributed by atoms with Crippen molar-refractivity contribution in [2.75, 3.05) is 0 Å². The largest absolute Gasteiger partial charge is 0.509 e. The molecule has 2 atom stereocenters. The Bertz CT molecular complexity index is 163. The van der Waals surface area contributed by atoms with Crippen LogP contribution in [-0.4, -0.2) is 27.7 Å². The Morgan fingerprint density at radius 1 is 1.50 bits per heavy atom. The molecule has 0 aliphatic carbocycles. The summed E-state index contributed by atoms with van der Waals surface area (Å²) in [6.45, 7) is 1.55. The van der Waals surface area contributed by atoms with Crippen LogP contribution in [0.1, 0.15) is 13.3 Å². The highest BCUT2D eigenvalue weighted by Crippen LogP contribution is 2.20. The van der Waals surface area contributed by atoms with E-state index in [1.165, 1.54) is 0 Å². The van der Waals surface area contributed by atoms with E-state index >= 15 is 0 Å². The summed E-state index contributed by atoms with van der Waals surface area (Å²) in [6, 6.07) is 0. The first-order chi connectivity index (χ1) is 4.61. The zero-order valence-electron chi connectivity index (χ0n) is 5.61. The summed E-state index contributed by atoms with van der Waals surface area (Å²) >= 11 is 0. The number of ether oxygens (including phenoxy) is 1. The molecule has 0 radical (unpaired) electrons. The third-order valence-corrected chi connectivity index (χ3v) is 1.41. The molecule has 0 saturated heterocycles. The molecule has 0 aromatic rings. The molecule has 0 amide bonds. The molecule has 10 heavy (non-hydrogen) atoms. The minimum atomic E-state index is -0.995. The summed E-state index contributed by atoms with van der Waals surface area (Å²) in [4.78, 5) is 0. The molecule has 0 spiro atoms. The van der Waals surface area contributed by atoms with E-state index in [2.05, 4.69) is 0 Å². The predicted octanol–water partition coefficient (Wildman–Crippen LogP) is 0.441. The van der Waals surface area contributed by atoms with Gasteiger partial charge in [0.05, 0.1) is 6.42 Å². The molecule has 1 aliphatic heterocycles. The second-order valence-electron chi connectivity index (χ2n) is 2.27. The molecule has 0 saturated carbocycles. The summed E-state index contributed by atoms with van der Waals surface area (Å²) in [5.74, 6) is -0.378. The molecule has 0 aromatic carbocycles. The first-order valence-corrected chi connectivity index (χ1v) is 3.05. The lowest BCUT2D eigenvalue weighted by molar-refractivity contribution is -0.144. The van der Waals surface area contributed by atoms with Gasteiger partial charge in [0.25, 0.3) is 0 Å². The van der Waals surface area contributed by atoms with E-state index in [0.717, 1.165) is 0 Å². The molecule has 4 nitrogen and oxygen atoms in total. The number of hydrogen-bond acceptors (Lipinski definition) is 4. The third kappa shape index (κ3) is 1.22. The van der Waals surface area contributed by atoms with Crippen molar-refractivity contribution in [2.45, 2.75) is 25.7 Å². The van der Waals surface area contributed by atoms with Gasteiger partial charge in [0.2, 0.25) is 0 Å². The SMILES string of the molecule is CC1OC(O)CC(O)=C1O. The summed E-state index contributed by atoms with van der Waals surface area (Å²) in [6.07, 6.45) is -1.63. The number of aliphatic hydroxyl groups is 3. The van der Waals surface area contributed by atoms with Gasteiger partial charge in [0.15, 0.2) is 12.0 Å². The fraction of sp³-hybridized carbons (Fsp3) is 0.667. The second kappa shape index (κ2) is 2.48. The van der Waals surface area contributed by atoms with Gasteiger partial charge in [-0.15, -0.1) is 0 Å². The first-order valence-electron chi connectivity index (χ1n) is 3.05. The molecule has 0 bridgehead atoms. The standard InChI is InChI=1S/C6H10O4/c1-3-6(9)4(7)2-5(8)10-3/h3,5,7-9H,2H2,1H3. The van der Waals surface area contributed by atoms with Crippen molar-refractivity contribution in [1.29, 1.82) is 0 Å². The monoisotopic (exact) mass is 146 g/mol. The van der Waals surface area contributed by atoms with Crippen LogP contribution >= 0.6 is 0 Å². The van der Waals surface area contributed by atoms with E-state index in [1.807, 2.05) is 0 Å². The van der Waals surface area contributed by atoms with E-state index in [-0.39, 0.29) is 17.9 Å². The Labute approximate surface area is 58.4 Å². The van der Waals surface area contributed by atoms with Crippen molar-refractivity contribution < 1.29 is 20.1 Å². The lowest BCUT2D eigenvalue weighted by Gasteiger charge is -2.23. The maximum Gasteiger partial charge on any atom is 0.162 e. The van der Waals surface area contributed by atoms with Crippen LogP contribution in [0, 0.1) is 0 Å². The fourth-order valence-corrected chi connectivity index (χ4v) is 0.853. The average molecular weight is 146 g/mol. The van der Waals surface area contributed by atoms with Crippen molar-refractivity contribution >= 4 is 0 Å². The molecule has 0 fully saturated rings. The summed E-state index contributed by atoms with van der Waals surface area (Å²) in [5.41, 5.74) is 0. The van der Waals surface area contributed by atoms with Crippen LogP contribution in [0.2, 0.25) is 0 Å². The van der Waals surface area contributed by atoms with Crippen LogP contribution < -0.4 is 0 Å². The molecular weight excluding hydrogens is 136 g/mol. The second-order valence-corrected chi connectivity index (χ2v) is 2.27. The van der Waals surface area contributed by atoms with Crippen molar-refractivity contribution in [3.05, 3.63) is 11.5 Å². The maximum absolute atomic E-state index is 8.96. The van der Waals surface area contributed by atoms with Gasteiger partial charge >= 0.3 is 0 Å². The van der Waals surface area contributed by atoms with Crippen molar-refractivity contribution in [1.82, 2.24) is 0 Å². The highest BCUT2D eigenvalue weighted by molar-refractivity contribution is 5.06. The van der Waals surface area contributed by atoms with Gasteiger partial charge in [-0.25, -0.2) is 0 Å². The molecule has 1 heterocycles. The zero-order chi connectivity index (χ0) is 7.72. The Morgan fingerprint density at radius 2 is 2.10 bits per heavy atom. The number of hydrogen-bond donors (Lipinski definition) is 3. The predicted molar refractivity (Wildman–Crippen MR) is 33.5 cm³/mol. The summed E-state index contributed by atoms with van der Waals surface area (Å²) in [7, 11) is 0. The molecule has 3 N–H and O–H groups in total. The molecular formula is C6H10O4. The van der Waals surface area contributed by atoms with Crippen molar-refractivity contribution in [3.63, 3.8) is 0 Å². The van der Waals surface area contributed by atoms with E-state index in [0.29, 0.717) is 0 Å². The highest BCUT2D eigenvalue weighted by atomic mass is 16.6. The third-order valence-electron chi connectivity index (χ3n) is 1.41. The quantitative estimate of drug-likeness (QED) is 0.463. The van der Waals surface area contributed by atoms with E-state index in [9.17, 15) is 0 Å². The van der Waals surface area contributed by atoms with Crippen molar-refractivity contribution in [2.24, 2.45) is 0 Å². The minimum Gasteiger partial charge on any atom is -0.509 e. The fourth-order valence-electron chi connectivity index (χ4n) is 0.853. The zero-order valence-corrected chi connectivity index (χ0v) is 5.61. The normalized spacial score (nSPS) is 34.6. The summed E-state index contributed by atoms with van der Waals surface area (Å²) < 4.78 is 4.76. The smallest absolute Gasteiger partial charge is 0.162 e. The number of rotatable bonds is 0. The number of aliphatic hydroxyl groups excluding tert-OH is 3. The lowest BCUT2D eigenvalue weighted by atomic mass is 10.2. The topological polar surface area (TPSA) is 69.9 Å². The van der Waals surface area contributed by atoms with Gasteiger partial charge in [-0.2, -0.15) is 0 Å². The Morgan fingerprint density at radius 3 is 2.60 bits per heavy atom. The van der Waals surface area contributed by atoms with Gasteiger partial charge in [-0.1, -0.05) is 0 Å². The van der Waals surface area contributed by atoms with Gasteiger partial charge in [0, 0.05) is 0 Å². The van der Waals surface area contributed by atoms with Crippen LogP contribution in [0.25, 0.3) is 0 Å². The minimum absolute atomic E-state index is 0.0316. The van der Waals surface area contributed by atoms with E-state index < -0.39 is 12.4 Å². The Balaban J connectivity index is 2.74.